The molecular weight excluding hydrogens is 338 g/mol. The first-order chi connectivity index (χ1) is 12.1. The average molecular weight is 351 g/mol. The Morgan fingerprint density at radius 1 is 1.20 bits per heavy atom. The Morgan fingerprint density at radius 2 is 2.00 bits per heavy atom. The van der Waals surface area contributed by atoms with E-state index < -0.39 is 11.4 Å². The van der Waals surface area contributed by atoms with E-state index in [1.54, 1.807) is 20.8 Å². The van der Waals surface area contributed by atoms with Gasteiger partial charge in [0.05, 0.1) is 15.9 Å². The van der Waals surface area contributed by atoms with E-state index >= 15 is 0 Å². The summed E-state index contributed by atoms with van der Waals surface area (Å²) in [6, 6.07) is 11.5. The van der Waals surface area contributed by atoms with Crippen LogP contribution in [0.3, 0.4) is 0 Å². The van der Waals surface area contributed by atoms with E-state index in [2.05, 4.69) is 5.10 Å². The minimum absolute atomic E-state index is 0.205. The minimum atomic E-state index is -1.21. The molecule has 0 saturated carbocycles. The third-order valence-electron chi connectivity index (χ3n) is 3.98. The van der Waals surface area contributed by atoms with Gasteiger partial charge >= 0.3 is 5.97 Å². The maximum atomic E-state index is 12.2. The van der Waals surface area contributed by atoms with Crippen LogP contribution in [0, 0.1) is 0 Å². The number of benzene rings is 1. The normalized spacial score (nSPS) is 11.0. The van der Waals surface area contributed by atoms with Crippen molar-refractivity contribution in [3.63, 3.8) is 0 Å². The molecule has 3 aromatic heterocycles. The molecule has 0 radical (unpaired) electrons. The number of fused-ring (bicyclic) bond motifs is 1. The Kier molecular flexibility index (Phi) is 3.70. The van der Waals surface area contributed by atoms with E-state index in [1.165, 1.54) is 17.5 Å². The maximum Gasteiger partial charge on any atom is 0.341 e. The fourth-order valence-electron chi connectivity index (χ4n) is 2.76. The molecule has 124 valence electrons. The van der Waals surface area contributed by atoms with Crippen LogP contribution in [0.5, 0.6) is 0 Å². The average Bonchev–Trinajstić information content (AvgIpc) is 3.29. The summed E-state index contributed by atoms with van der Waals surface area (Å²) in [5.41, 5.74) is 2.06. The molecule has 0 aliphatic heterocycles. The van der Waals surface area contributed by atoms with E-state index in [0.717, 1.165) is 16.8 Å². The Hall–Kier alpha value is -3.19. The van der Waals surface area contributed by atoms with Crippen molar-refractivity contribution in [2.24, 2.45) is 0 Å². The Morgan fingerprint density at radius 3 is 2.68 bits per heavy atom. The van der Waals surface area contributed by atoms with Crippen LogP contribution in [0.15, 0.2) is 65.2 Å². The van der Waals surface area contributed by atoms with Gasteiger partial charge in [-0.1, -0.05) is 12.1 Å². The van der Waals surface area contributed by atoms with Crippen molar-refractivity contribution in [2.75, 3.05) is 0 Å². The molecule has 0 atom stereocenters. The lowest BCUT2D eigenvalue weighted by atomic mass is 10.2. The maximum absolute atomic E-state index is 12.2. The molecule has 0 saturated heterocycles. The molecule has 25 heavy (non-hydrogen) atoms. The van der Waals surface area contributed by atoms with Gasteiger partial charge in [0.2, 0.25) is 5.43 Å². The number of aromatic carboxylic acids is 1. The molecule has 0 spiro atoms. The van der Waals surface area contributed by atoms with E-state index in [1.807, 2.05) is 42.6 Å². The second-order valence-electron chi connectivity index (χ2n) is 5.56. The second kappa shape index (κ2) is 6.03. The van der Waals surface area contributed by atoms with E-state index in [-0.39, 0.29) is 5.56 Å². The number of carboxylic acid groups (broad SMARTS) is 1. The number of carbonyl (C=O) groups is 1. The number of hydrogen-bond donors (Lipinski definition) is 1. The first-order valence-electron chi connectivity index (χ1n) is 7.56. The van der Waals surface area contributed by atoms with Crippen LogP contribution in [0.2, 0.25) is 0 Å². The summed E-state index contributed by atoms with van der Waals surface area (Å²) < 4.78 is 4.04. The predicted molar refractivity (Wildman–Crippen MR) is 95.7 cm³/mol. The zero-order valence-electron chi connectivity index (χ0n) is 13.0. The summed E-state index contributed by atoms with van der Waals surface area (Å²) in [5, 5.41) is 15.3. The number of hydrogen-bond acceptors (Lipinski definition) is 4. The monoisotopic (exact) mass is 351 g/mol. The number of thiophene rings is 1. The molecule has 4 rings (SSSR count). The van der Waals surface area contributed by atoms with Crippen molar-refractivity contribution in [2.45, 2.75) is 6.54 Å². The van der Waals surface area contributed by atoms with Gasteiger partial charge in [0.1, 0.15) is 5.56 Å². The van der Waals surface area contributed by atoms with Crippen molar-refractivity contribution < 1.29 is 9.90 Å². The SMILES string of the molecule is O=C(O)c1cn(Cc2ccc(-n3cccn3)cc2)c2ccsc2c1=O. The number of aromatic nitrogens is 3. The molecular formula is C18H13N3O3S. The van der Waals surface area contributed by atoms with Gasteiger partial charge in [0, 0.05) is 25.1 Å². The van der Waals surface area contributed by atoms with Gasteiger partial charge in [-0.15, -0.1) is 11.3 Å². The van der Waals surface area contributed by atoms with Crippen LogP contribution < -0.4 is 5.43 Å². The first kappa shape index (κ1) is 15.3. The summed E-state index contributed by atoms with van der Waals surface area (Å²) in [4.78, 5) is 23.6. The van der Waals surface area contributed by atoms with E-state index in [4.69, 9.17) is 0 Å². The Balaban J connectivity index is 1.73. The molecule has 3 heterocycles. The molecule has 1 aromatic carbocycles. The topological polar surface area (TPSA) is 77.1 Å². The number of carboxylic acids is 1. The highest BCUT2D eigenvalue weighted by atomic mass is 32.1. The lowest BCUT2D eigenvalue weighted by Crippen LogP contribution is -2.18. The lowest BCUT2D eigenvalue weighted by Gasteiger charge is -2.11. The largest absolute Gasteiger partial charge is 0.477 e. The molecule has 0 bridgehead atoms. The third-order valence-corrected chi connectivity index (χ3v) is 4.88. The minimum Gasteiger partial charge on any atom is -0.477 e. The van der Waals surface area contributed by atoms with Gasteiger partial charge in [-0.25, -0.2) is 9.48 Å². The highest BCUT2D eigenvalue weighted by Crippen LogP contribution is 2.20. The van der Waals surface area contributed by atoms with Gasteiger partial charge < -0.3 is 9.67 Å². The molecule has 0 aliphatic rings. The predicted octanol–water partition coefficient (Wildman–Crippen LogP) is 3.00. The lowest BCUT2D eigenvalue weighted by molar-refractivity contribution is 0.0695. The van der Waals surface area contributed by atoms with E-state index in [9.17, 15) is 14.7 Å². The summed E-state index contributed by atoms with van der Waals surface area (Å²) in [6.45, 7) is 0.479. The molecule has 0 fully saturated rings. The molecule has 0 amide bonds. The van der Waals surface area contributed by atoms with Crippen LogP contribution in [0.1, 0.15) is 15.9 Å². The molecule has 1 N–H and O–H groups in total. The quantitative estimate of drug-likeness (QED) is 0.613. The van der Waals surface area contributed by atoms with Crippen molar-refractivity contribution in [1.29, 1.82) is 0 Å². The number of rotatable bonds is 4. The number of pyridine rings is 1. The highest BCUT2D eigenvalue weighted by molar-refractivity contribution is 7.17. The molecule has 6 nitrogen and oxygen atoms in total. The summed E-state index contributed by atoms with van der Waals surface area (Å²) in [6.07, 6.45) is 5.00. The van der Waals surface area contributed by atoms with Crippen LogP contribution in [-0.4, -0.2) is 25.4 Å². The highest BCUT2D eigenvalue weighted by Gasteiger charge is 2.15. The molecule has 4 aromatic rings. The van der Waals surface area contributed by atoms with Crippen LogP contribution in [0.25, 0.3) is 15.9 Å². The summed E-state index contributed by atoms with van der Waals surface area (Å²) >= 11 is 1.26. The van der Waals surface area contributed by atoms with Gasteiger partial charge in [0.15, 0.2) is 0 Å². The Bertz CT molecular complexity index is 1110. The standard InChI is InChI=1S/C18H13N3O3S/c22-16-14(18(23)24)11-20(15-6-9-25-17(15)16)10-12-2-4-13(5-3-12)21-8-1-7-19-21/h1-9,11H,10H2,(H,23,24). The zero-order valence-corrected chi connectivity index (χ0v) is 13.8. The first-order valence-corrected chi connectivity index (χ1v) is 8.44. The summed E-state index contributed by atoms with van der Waals surface area (Å²) in [5.74, 6) is -1.21. The fourth-order valence-corrected chi connectivity index (χ4v) is 3.62. The number of nitrogens with zero attached hydrogens (tertiary/aromatic N) is 3. The molecule has 7 heteroatoms. The summed E-state index contributed by atoms with van der Waals surface area (Å²) in [7, 11) is 0. The smallest absolute Gasteiger partial charge is 0.341 e. The van der Waals surface area contributed by atoms with Crippen LogP contribution >= 0.6 is 11.3 Å². The van der Waals surface area contributed by atoms with Crippen molar-refractivity contribution in [3.8, 4) is 5.69 Å². The van der Waals surface area contributed by atoms with Gasteiger partial charge in [-0.05, 0) is 35.2 Å². The van der Waals surface area contributed by atoms with Crippen molar-refractivity contribution >= 4 is 27.5 Å². The Labute approximate surface area is 146 Å². The molecule has 0 unspecified atom stereocenters. The third kappa shape index (κ3) is 2.74. The van der Waals surface area contributed by atoms with Crippen LogP contribution in [0.4, 0.5) is 0 Å². The molecule has 0 aliphatic carbocycles. The van der Waals surface area contributed by atoms with Crippen molar-refractivity contribution in [1.82, 2.24) is 14.3 Å². The van der Waals surface area contributed by atoms with Gasteiger partial charge in [0.25, 0.3) is 0 Å². The van der Waals surface area contributed by atoms with E-state index in [0.29, 0.717) is 11.2 Å². The van der Waals surface area contributed by atoms with Crippen LogP contribution in [-0.2, 0) is 6.54 Å². The van der Waals surface area contributed by atoms with Crippen molar-refractivity contribution in [3.05, 3.63) is 81.7 Å². The second-order valence-corrected chi connectivity index (χ2v) is 6.47. The van der Waals surface area contributed by atoms with Gasteiger partial charge in [-0.2, -0.15) is 5.10 Å². The zero-order chi connectivity index (χ0) is 17.4. The van der Waals surface area contributed by atoms with Gasteiger partial charge in [-0.3, -0.25) is 4.79 Å². The fraction of sp³-hybridized carbons (Fsp3) is 0.0556.